The van der Waals surface area contributed by atoms with Gasteiger partial charge in [0, 0.05) is 21.7 Å². The molecule has 96 valence electrons. The Bertz CT molecular complexity index is 514. The highest BCUT2D eigenvalue weighted by Gasteiger charge is 2.18. The molecule has 3 rings (SSSR count). The molecule has 0 saturated heterocycles. The molecule has 1 saturated carbocycles. The molecule has 1 atom stereocenters. The van der Waals surface area contributed by atoms with Crippen LogP contribution >= 0.6 is 23.1 Å². The molecule has 0 bridgehead atoms. The van der Waals surface area contributed by atoms with Gasteiger partial charge in [-0.05, 0) is 35.2 Å². The Balaban J connectivity index is 1.71. The van der Waals surface area contributed by atoms with Gasteiger partial charge in [-0.25, -0.2) is 0 Å². The zero-order valence-corrected chi connectivity index (χ0v) is 12.1. The van der Waals surface area contributed by atoms with Crippen molar-refractivity contribution >= 4 is 33.2 Å². The van der Waals surface area contributed by atoms with E-state index in [1.54, 1.807) is 0 Å². The van der Waals surface area contributed by atoms with Crippen molar-refractivity contribution in [2.75, 3.05) is 5.75 Å². The topological polar surface area (TPSA) is 26.0 Å². The van der Waals surface area contributed by atoms with Crippen LogP contribution in [0.1, 0.15) is 37.3 Å². The highest BCUT2D eigenvalue weighted by Crippen LogP contribution is 2.34. The van der Waals surface area contributed by atoms with Gasteiger partial charge in [-0.3, -0.25) is 0 Å². The van der Waals surface area contributed by atoms with Crippen molar-refractivity contribution in [3.63, 3.8) is 0 Å². The molecule has 1 nitrogen and oxygen atoms in total. The van der Waals surface area contributed by atoms with E-state index in [1.807, 2.05) is 11.3 Å². The Hall–Kier alpha value is -0.510. The lowest BCUT2D eigenvalue weighted by atomic mass is 10.1. The molecule has 18 heavy (non-hydrogen) atoms. The molecule has 1 fully saturated rings. The molecule has 1 aliphatic rings. The zero-order valence-electron chi connectivity index (χ0n) is 10.5. The maximum absolute atomic E-state index is 6.38. The smallest absolute Gasteiger partial charge is 0.0401 e. The van der Waals surface area contributed by atoms with Crippen LogP contribution in [0.25, 0.3) is 10.1 Å². The molecule has 1 aromatic carbocycles. The molecule has 3 heteroatoms. The number of fused-ring (bicyclic) bond motifs is 1. The lowest BCUT2D eigenvalue weighted by Crippen LogP contribution is -2.14. The minimum absolute atomic E-state index is 0.179. The van der Waals surface area contributed by atoms with Crippen LogP contribution in [0, 0.1) is 0 Å². The standard InChI is InChI=1S/C15H19NS2/c16-14(10-18-12-5-1-2-6-12)13-7-3-4-11-8-9-17-15(11)13/h3-4,7-9,12,14H,1-2,5-6,10,16H2. The summed E-state index contributed by atoms with van der Waals surface area (Å²) in [6, 6.07) is 8.85. The van der Waals surface area contributed by atoms with Crippen LogP contribution < -0.4 is 5.73 Å². The Morgan fingerprint density at radius 3 is 2.94 bits per heavy atom. The van der Waals surface area contributed by atoms with E-state index in [2.05, 4.69) is 41.4 Å². The molecular weight excluding hydrogens is 258 g/mol. The van der Waals surface area contributed by atoms with Crippen LogP contribution in [0.5, 0.6) is 0 Å². The number of benzene rings is 1. The highest BCUT2D eigenvalue weighted by molar-refractivity contribution is 7.99. The summed E-state index contributed by atoms with van der Waals surface area (Å²) in [5, 5.41) is 4.35. The minimum Gasteiger partial charge on any atom is -0.323 e. The second-order valence-electron chi connectivity index (χ2n) is 5.03. The van der Waals surface area contributed by atoms with Gasteiger partial charge in [0.15, 0.2) is 0 Å². The number of rotatable bonds is 4. The van der Waals surface area contributed by atoms with E-state index in [0.717, 1.165) is 11.0 Å². The summed E-state index contributed by atoms with van der Waals surface area (Å²) in [5.41, 5.74) is 7.71. The maximum Gasteiger partial charge on any atom is 0.0401 e. The maximum atomic E-state index is 6.38. The Labute approximate surface area is 117 Å². The fourth-order valence-electron chi connectivity index (χ4n) is 2.69. The van der Waals surface area contributed by atoms with Crippen molar-refractivity contribution in [3.05, 3.63) is 35.2 Å². The molecular formula is C15H19NS2. The van der Waals surface area contributed by atoms with Gasteiger partial charge in [0.05, 0.1) is 0 Å². The summed E-state index contributed by atoms with van der Waals surface area (Å²) >= 11 is 3.89. The highest BCUT2D eigenvalue weighted by atomic mass is 32.2. The first-order valence-corrected chi connectivity index (χ1v) is 8.61. The lowest BCUT2D eigenvalue weighted by Gasteiger charge is -2.15. The summed E-state index contributed by atoms with van der Waals surface area (Å²) in [7, 11) is 0. The summed E-state index contributed by atoms with van der Waals surface area (Å²) < 4.78 is 1.37. The number of thiophene rings is 1. The third kappa shape index (κ3) is 2.58. The van der Waals surface area contributed by atoms with Crippen molar-refractivity contribution in [2.24, 2.45) is 5.73 Å². The summed E-state index contributed by atoms with van der Waals surface area (Å²) in [5.74, 6) is 1.06. The van der Waals surface area contributed by atoms with E-state index in [0.29, 0.717) is 0 Å². The van der Waals surface area contributed by atoms with Crippen molar-refractivity contribution in [2.45, 2.75) is 37.0 Å². The van der Waals surface area contributed by atoms with Gasteiger partial charge in [-0.2, -0.15) is 11.8 Å². The monoisotopic (exact) mass is 277 g/mol. The average molecular weight is 277 g/mol. The quantitative estimate of drug-likeness (QED) is 0.885. The molecule has 1 unspecified atom stereocenters. The summed E-state index contributed by atoms with van der Waals surface area (Å²) in [4.78, 5) is 0. The Morgan fingerprint density at radius 1 is 1.28 bits per heavy atom. The number of thioether (sulfide) groups is 1. The molecule has 1 aromatic heterocycles. The molecule has 0 spiro atoms. The largest absolute Gasteiger partial charge is 0.323 e. The van der Waals surface area contributed by atoms with Gasteiger partial charge in [-0.1, -0.05) is 31.0 Å². The number of hydrogen-bond acceptors (Lipinski definition) is 3. The number of nitrogens with two attached hydrogens (primary N) is 1. The Kier molecular flexibility index (Phi) is 3.92. The fourth-order valence-corrected chi connectivity index (χ4v) is 5.00. The lowest BCUT2D eigenvalue weighted by molar-refractivity contribution is 0.828. The minimum atomic E-state index is 0.179. The molecule has 2 aromatic rings. The van der Waals surface area contributed by atoms with Crippen molar-refractivity contribution in [1.29, 1.82) is 0 Å². The predicted molar refractivity (Wildman–Crippen MR) is 83.5 cm³/mol. The molecule has 0 aliphatic heterocycles. The van der Waals surface area contributed by atoms with E-state index < -0.39 is 0 Å². The SMILES string of the molecule is NC(CSC1CCCC1)c1cccc2ccsc12. The van der Waals surface area contributed by atoms with Crippen LogP contribution in [0.4, 0.5) is 0 Å². The second-order valence-corrected chi connectivity index (χ2v) is 7.28. The normalized spacial score (nSPS) is 18.5. The van der Waals surface area contributed by atoms with Crippen LogP contribution in [0.2, 0.25) is 0 Å². The third-order valence-electron chi connectivity index (χ3n) is 3.72. The summed E-state index contributed by atoms with van der Waals surface area (Å²) in [6.45, 7) is 0. The van der Waals surface area contributed by atoms with E-state index >= 15 is 0 Å². The molecule has 1 aliphatic carbocycles. The van der Waals surface area contributed by atoms with Crippen molar-refractivity contribution in [3.8, 4) is 0 Å². The summed E-state index contributed by atoms with van der Waals surface area (Å²) in [6.07, 6.45) is 5.60. The molecule has 2 N–H and O–H groups in total. The third-order valence-corrected chi connectivity index (χ3v) is 6.20. The van der Waals surface area contributed by atoms with E-state index in [1.165, 1.54) is 41.3 Å². The van der Waals surface area contributed by atoms with Crippen LogP contribution in [0.15, 0.2) is 29.6 Å². The van der Waals surface area contributed by atoms with Crippen LogP contribution in [-0.2, 0) is 0 Å². The van der Waals surface area contributed by atoms with Crippen LogP contribution in [-0.4, -0.2) is 11.0 Å². The fraction of sp³-hybridized carbons (Fsp3) is 0.467. The van der Waals surface area contributed by atoms with Crippen LogP contribution in [0.3, 0.4) is 0 Å². The van der Waals surface area contributed by atoms with E-state index in [4.69, 9.17) is 5.73 Å². The zero-order chi connectivity index (χ0) is 12.4. The average Bonchev–Trinajstić information content (AvgIpc) is 3.05. The molecule has 1 heterocycles. The Morgan fingerprint density at radius 2 is 2.11 bits per heavy atom. The van der Waals surface area contributed by atoms with Gasteiger partial charge in [-0.15, -0.1) is 11.3 Å². The van der Waals surface area contributed by atoms with Gasteiger partial charge < -0.3 is 5.73 Å². The first-order valence-electron chi connectivity index (χ1n) is 6.68. The van der Waals surface area contributed by atoms with Gasteiger partial charge in [0.2, 0.25) is 0 Å². The molecule has 0 radical (unpaired) electrons. The van der Waals surface area contributed by atoms with E-state index in [-0.39, 0.29) is 6.04 Å². The molecule has 0 amide bonds. The first-order chi connectivity index (χ1) is 8.84. The van der Waals surface area contributed by atoms with Crippen molar-refractivity contribution in [1.82, 2.24) is 0 Å². The predicted octanol–water partition coefficient (Wildman–Crippen LogP) is 4.58. The van der Waals surface area contributed by atoms with E-state index in [9.17, 15) is 0 Å². The van der Waals surface area contributed by atoms with Gasteiger partial charge in [0.25, 0.3) is 0 Å². The number of hydrogen-bond donors (Lipinski definition) is 1. The second kappa shape index (κ2) is 5.64. The van der Waals surface area contributed by atoms with Crippen molar-refractivity contribution < 1.29 is 0 Å². The van der Waals surface area contributed by atoms with Gasteiger partial charge >= 0.3 is 0 Å². The first kappa shape index (κ1) is 12.5. The van der Waals surface area contributed by atoms with Gasteiger partial charge in [0.1, 0.15) is 0 Å².